The molecule has 0 aliphatic heterocycles. The molecule has 2 unspecified atom stereocenters. The summed E-state index contributed by atoms with van der Waals surface area (Å²) in [7, 11) is 0. The van der Waals surface area contributed by atoms with E-state index in [2.05, 4.69) is 12.2 Å². The minimum atomic E-state index is -0.0960. The summed E-state index contributed by atoms with van der Waals surface area (Å²) in [6.07, 6.45) is 6.53. The number of nitrogens with one attached hydrogen (secondary N) is 1. The van der Waals surface area contributed by atoms with Crippen LogP contribution in [0.5, 0.6) is 0 Å². The van der Waals surface area contributed by atoms with Crippen molar-refractivity contribution in [2.24, 2.45) is 5.92 Å². The fourth-order valence-corrected chi connectivity index (χ4v) is 2.68. The third-order valence-electron chi connectivity index (χ3n) is 3.87. The normalized spacial score (nSPS) is 25.5. The second kappa shape index (κ2) is 6.15. The van der Waals surface area contributed by atoms with Crippen LogP contribution < -0.4 is 5.32 Å². The van der Waals surface area contributed by atoms with E-state index in [0.29, 0.717) is 18.5 Å². The molecule has 1 aromatic rings. The van der Waals surface area contributed by atoms with Crippen LogP contribution in [-0.2, 0) is 6.54 Å². The molecule has 2 atom stereocenters. The average Bonchev–Trinajstić information content (AvgIpc) is 2.53. The van der Waals surface area contributed by atoms with Crippen molar-refractivity contribution in [3.8, 4) is 0 Å². The fraction of sp³-hybridized carbons (Fsp3) is 0.600. The summed E-state index contributed by atoms with van der Waals surface area (Å²) >= 11 is 0. The van der Waals surface area contributed by atoms with Crippen molar-refractivity contribution in [2.45, 2.75) is 51.6 Å². The van der Waals surface area contributed by atoms with E-state index in [-0.39, 0.29) is 5.82 Å². The Kier molecular flexibility index (Phi) is 4.55. The number of rotatable bonds is 3. The molecule has 0 radical (unpaired) electrons. The zero-order valence-corrected chi connectivity index (χ0v) is 10.6. The van der Waals surface area contributed by atoms with Gasteiger partial charge in [-0.2, -0.15) is 0 Å². The van der Waals surface area contributed by atoms with Crippen molar-refractivity contribution in [3.63, 3.8) is 0 Å². The minimum absolute atomic E-state index is 0.0960. The first-order valence-corrected chi connectivity index (χ1v) is 6.74. The second-order valence-corrected chi connectivity index (χ2v) is 5.19. The van der Waals surface area contributed by atoms with Crippen LogP contribution in [0.1, 0.15) is 44.6 Å². The van der Waals surface area contributed by atoms with Gasteiger partial charge in [0, 0.05) is 18.2 Å². The molecule has 0 saturated heterocycles. The number of benzene rings is 1. The van der Waals surface area contributed by atoms with Gasteiger partial charge in [-0.15, -0.1) is 0 Å². The quantitative estimate of drug-likeness (QED) is 0.784. The van der Waals surface area contributed by atoms with Crippen LogP contribution in [0.15, 0.2) is 24.3 Å². The number of hydrogen-bond donors (Lipinski definition) is 1. The minimum Gasteiger partial charge on any atom is -0.310 e. The predicted molar refractivity (Wildman–Crippen MR) is 69.3 cm³/mol. The molecule has 1 saturated carbocycles. The molecule has 94 valence electrons. The molecule has 1 aliphatic carbocycles. The van der Waals surface area contributed by atoms with Crippen molar-refractivity contribution >= 4 is 0 Å². The summed E-state index contributed by atoms with van der Waals surface area (Å²) in [6.45, 7) is 2.96. The van der Waals surface area contributed by atoms with E-state index in [0.717, 1.165) is 5.56 Å². The van der Waals surface area contributed by atoms with Gasteiger partial charge in [0.15, 0.2) is 0 Å². The van der Waals surface area contributed by atoms with Gasteiger partial charge >= 0.3 is 0 Å². The Labute approximate surface area is 103 Å². The predicted octanol–water partition coefficient (Wildman–Crippen LogP) is 3.88. The van der Waals surface area contributed by atoms with E-state index < -0.39 is 0 Å². The van der Waals surface area contributed by atoms with Gasteiger partial charge in [-0.3, -0.25) is 0 Å². The van der Waals surface area contributed by atoms with Crippen LogP contribution in [0, 0.1) is 11.7 Å². The van der Waals surface area contributed by atoms with E-state index >= 15 is 0 Å². The first-order chi connectivity index (χ1) is 8.27. The third kappa shape index (κ3) is 3.53. The Morgan fingerprint density at radius 1 is 1.18 bits per heavy atom. The lowest BCUT2D eigenvalue weighted by atomic mass is 9.97. The molecule has 0 bridgehead atoms. The molecular formula is C15H22FN. The van der Waals surface area contributed by atoms with Gasteiger partial charge in [0.05, 0.1) is 0 Å². The van der Waals surface area contributed by atoms with Gasteiger partial charge in [0.2, 0.25) is 0 Å². The van der Waals surface area contributed by atoms with E-state index in [1.54, 1.807) is 6.07 Å². The standard InChI is InChI=1S/C15H22FN/c1-12-7-3-2-4-10-15(12)17-11-13-8-5-6-9-14(13)16/h5-6,8-9,12,15,17H,2-4,7,10-11H2,1H3. The lowest BCUT2D eigenvalue weighted by Crippen LogP contribution is -2.34. The highest BCUT2D eigenvalue weighted by Gasteiger charge is 2.19. The van der Waals surface area contributed by atoms with E-state index in [4.69, 9.17) is 0 Å². The highest BCUT2D eigenvalue weighted by Crippen LogP contribution is 2.23. The molecule has 0 spiro atoms. The molecule has 1 nitrogen and oxygen atoms in total. The monoisotopic (exact) mass is 235 g/mol. The average molecular weight is 235 g/mol. The second-order valence-electron chi connectivity index (χ2n) is 5.19. The van der Waals surface area contributed by atoms with E-state index in [1.807, 2.05) is 12.1 Å². The Morgan fingerprint density at radius 2 is 1.94 bits per heavy atom. The number of halogens is 1. The molecular weight excluding hydrogens is 213 g/mol. The maximum absolute atomic E-state index is 13.5. The molecule has 0 aromatic heterocycles. The lowest BCUT2D eigenvalue weighted by Gasteiger charge is -2.23. The van der Waals surface area contributed by atoms with Gasteiger partial charge in [0.25, 0.3) is 0 Å². The van der Waals surface area contributed by atoms with Crippen LogP contribution in [0.3, 0.4) is 0 Å². The smallest absolute Gasteiger partial charge is 0.127 e. The molecule has 1 N–H and O–H groups in total. The molecule has 2 heteroatoms. The zero-order valence-electron chi connectivity index (χ0n) is 10.6. The van der Waals surface area contributed by atoms with Crippen molar-refractivity contribution in [1.82, 2.24) is 5.32 Å². The highest BCUT2D eigenvalue weighted by atomic mass is 19.1. The fourth-order valence-electron chi connectivity index (χ4n) is 2.68. The lowest BCUT2D eigenvalue weighted by molar-refractivity contribution is 0.354. The summed E-state index contributed by atoms with van der Waals surface area (Å²) in [5.74, 6) is 0.616. The van der Waals surface area contributed by atoms with Crippen LogP contribution >= 0.6 is 0 Å². The van der Waals surface area contributed by atoms with Crippen molar-refractivity contribution in [1.29, 1.82) is 0 Å². The molecule has 17 heavy (non-hydrogen) atoms. The van der Waals surface area contributed by atoms with Gasteiger partial charge in [-0.1, -0.05) is 44.4 Å². The first kappa shape index (κ1) is 12.6. The molecule has 0 heterocycles. The van der Waals surface area contributed by atoms with Crippen molar-refractivity contribution in [2.75, 3.05) is 0 Å². The number of hydrogen-bond acceptors (Lipinski definition) is 1. The Bertz CT molecular complexity index is 351. The van der Waals surface area contributed by atoms with Crippen LogP contribution in [0.2, 0.25) is 0 Å². The topological polar surface area (TPSA) is 12.0 Å². The summed E-state index contributed by atoms with van der Waals surface area (Å²) in [5, 5.41) is 3.53. The summed E-state index contributed by atoms with van der Waals surface area (Å²) in [5.41, 5.74) is 0.781. The molecule has 1 fully saturated rings. The van der Waals surface area contributed by atoms with Gasteiger partial charge in [0.1, 0.15) is 5.82 Å². The molecule has 1 aliphatic rings. The maximum atomic E-state index is 13.5. The maximum Gasteiger partial charge on any atom is 0.127 e. The van der Waals surface area contributed by atoms with Crippen LogP contribution in [0.4, 0.5) is 4.39 Å². The van der Waals surface area contributed by atoms with Crippen LogP contribution in [-0.4, -0.2) is 6.04 Å². The van der Waals surface area contributed by atoms with Crippen molar-refractivity contribution < 1.29 is 4.39 Å². The van der Waals surface area contributed by atoms with Crippen molar-refractivity contribution in [3.05, 3.63) is 35.6 Å². The van der Waals surface area contributed by atoms with Crippen LogP contribution in [0.25, 0.3) is 0 Å². The molecule has 0 amide bonds. The van der Waals surface area contributed by atoms with E-state index in [1.165, 1.54) is 38.2 Å². The summed E-state index contributed by atoms with van der Waals surface area (Å²) in [6, 6.07) is 7.60. The summed E-state index contributed by atoms with van der Waals surface area (Å²) in [4.78, 5) is 0. The van der Waals surface area contributed by atoms with Gasteiger partial charge in [-0.25, -0.2) is 4.39 Å². The molecule has 1 aromatic carbocycles. The SMILES string of the molecule is CC1CCCCCC1NCc1ccccc1F. The Hall–Kier alpha value is -0.890. The Morgan fingerprint density at radius 3 is 2.76 bits per heavy atom. The van der Waals surface area contributed by atoms with Gasteiger partial charge in [-0.05, 0) is 24.8 Å². The zero-order chi connectivity index (χ0) is 12.1. The first-order valence-electron chi connectivity index (χ1n) is 6.74. The summed E-state index contributed by atoms with van der Waals surface area (Å²) < 4.78 is 13.5. The largest absolute Gasteiger partial charge is 0.310 e. The van der Waals surface area contributed by atoms with E-state index in [9.17, 15) is 4.39 Å². The van der Waals surface area contributed by atoms with Gasteiger partial charge < -0.3 is 5.32 Å². The third-order valence-corrected chi connectivity index (χ3v) is 3.87. The highest BCUT2D eigenvalue weighted by molar-refractivity contribution is 5.17. The molecule has 2 rings (SSSR count). The Balaban J connectivity index is 1.90.